The summed E-state index contributed by atoms with van der Waals surface area (Å²) in [6.07, 6.45) is 1.65. The number of hydrogen-bond donors (Lipinski definition) is 0. The van der Waals surface area contributed by atoms with E-state index in [1.807, 2.05) is 18.2 Å². The topological polar surface area (TPSA) is 45.9 Å². The standard InChI is InChI=1S/C13H9ClN2O/c14-8-11-2-1-7-16-13(11)17-12-5-3-10(9-15)4-6-12/h1-7H,8H2. The van der Waals surface area contributed by atoms with Crippen LogP contribution in [0.2, 0.25) is 0 Å². The van der Waals surface area contributed by atoms with E-state index in [0.29, 0.717) is 23.1 Å². The van der Waals surface area contributed by atoms with Gasteiger partial charge < -0.3 is 4.74 Å². The van der Waals surface area contributed by atoms with Crippen molar-refractivity contribution in [3.05, 3.63) is 53.7 Å². The maximum absolute atomic E-state index is 8.68. The lowest BCUT2D eigenvalue weighted by Gasteiger charge is -2.07. The predicted molar refractivity (Wildman–Crippen MR) is 65.0 cm³/mol. The van der Waals surface area contributed by atoms with Gasteiger partial charge in [-0.25, -0.2) is 4.98 Å². The van der Waals surface area contributed by atoms with Gasteiger partial charge in [-0.15, -0.1) is 11.6 Å². The van der Waals surface area contributed by atoms with Crippen LogP contribution in [0.15, 0.2) is 42.6 Å². The maximum Gasteiger partial charge on any atom is 0.223 e. The molecule has 0 saturated carbocycles. The second-order valence-corrected chi connectivity index (χ2v) is 3.61. The SMILES string of the molecule is N#Cc1ccc(Oc2ncccc2CCl)cc1. The highest BCUT2D eigenvalue weighted by molar-refractivity contribution is 6.17. The highest BCUT2D eigenvalue weighted by Gasteiger charge is 2.04. The molecule has 0 atom stereocenters. The fourth-order valence-electron chi connectivity index (χ4n) is 1.33. The quantitative estimate of drug-likeness (QED) is 0.777. The molecule has 84 valence electrons. The molecule has 1 aromatic heterocycles. The van der Waals surface area contributed by atoms with Crippen LogP contribution in [0.1, 0.15) is 11.1 Å². The van der Waals surface area contributed by atoms with Crippen LogP contribution < -0.4 is 4.74 Å². The summed E-state index contributed by atoms with van der Waals surface area (Å²) in [5.41, 5.74) is 1.43. The van der Waals surface area contributed by atoms with Crippen molar-refractivity contribution in [3.8, 4) is 17.7 Å². The number of rotatable bonds is 3. The number of nitriles is 1. The second kappa shape index (κ2) is 5.33. The van der Waals surface area contributed by atoms with E-state index in [2.05, 4.69) is 4.98 Å². The molecule has 0 N–H and O–H groups in total. The normalized spacial score (nSPS) is 9.65. The second-order valence-electron chi connectivity index (χ2n) is 3.34. The van der Waals surface area contributed by atoms with E-state index in [1.54, 1.807) is 30.5 Å². The van der Waals surface area contributed by atoms with Crippen LogP contribution in [0.4, 0.5) is 0 Å². The van der Waals surface area contributed by atoms with Crippen LogP contribution in [-0.4, -0.2) is 4.98 Å². The molecule has 4 heteroatoms. The van der Waals surface area contributed by atoms with Crippen LogP contribution in [0, 0.1) is 11.3 Å². The molecule has 0 amide bonds. The van der Waals surface area contributed by atoms with Crippen LogP contribution in [0.5, 0.6) is 11.6 Å². The Morgan fingerprint density at radius 3 is 2.65 bits per heavy atom. The fraction of sp³-hybridized carbons (Fsp3) is 0.0769. The van der Waals surface area contributed by atoms with Crippen LogP contribution in [-0.2, 0) is 5.88 Å². The lowest BCUT2D eigenvalue weighted by Crippen LogP contribution is -1.92. The molecule has 1 heterocycles. The zero-order valence-corrected chi connectivity index (χ0v) is 9.69. The Morgan fingerprint density at radius 1 is 1.24 bits per heavy atom. The van der Waals surface area contributed by atoms with Crippen molar-refractivity contribution in [2.75, 3.05) is 0 Å². The van der Waals surface area contributed by atoms with E-state index in [4.69, 9.17) is 21.6 Å². The minimum Gasteiger partial charge on any atom is -0.439 e. The Bertz CT molecular complexity index is 546. The number of benzene rings is 1. The highest BCUT2D eigenvalue weighted by Crippen LogP contribution is 2.24. The van der Waals surface area contributed by atoms with Gasteiger partial charge in [0.25, 0.3) is 0 Å². The van der Waals surface area contributed by atoms with Gasteiger partial charge in [0.05, 0.1) is 17.5 Å². The molecule has 0 spiro atoms. The van der Waals surface area contributed by atoms with Gasteiger partial charge in [-0.3, -0.25) is 0 Å². The molecule has 0 unspecified atom stereocenters. The summed E-state index contributed by atoms with van der Waals surface area (Å²) in [6.45, 7) is 0. The van der Waals surface area contributed by atoms with Crippen LogP contribution in [0.3, 0.4) is 0 Å². The van der Waals surface area contributed by atoms with E-state index in [-0.39, 0.29) is 0 Å². The van der Waals surface area contributed by atoms with Gasteiger partial charge in [-0.1, -0.05) is 6.07 Å². The van der Waals surface area contributed by atoms with Crippen molar-refractivity contribution in [2.45, 2.75) is 5.88 Å². The molecule has 0 bridgehead atoms. The molecule has 2 rings (SSSR count). The predicted octanol–water partition coefficient (Wildman–Crippen LogP) is 3.48. The Kier molecular flexibility index (Phi) is 3.59. The summed E-state index contributed by atoms with van der Waals surface area (Å²) in [5.74, 6) is 1.47. The van der Waals surface area contributed by atoms with Crippen LogP contribution in [0.25, 0.3) is 0 Å². The molecule has 1 aromatic carbocycles. The monoisotopic (exact) mass is 244 g/mol. The molecule has 0 aliphatic rings. The fourth-order valence-corrected chi connectivity index (χ4v) is 1.53. The zero-order chi connectivity index (χ0) is 12.1. The highest BCUT2D eigenvalue weighted by atomic mass is 35.5. The maximum atomic E-state index is 8.68. The Morgan fingerprint density at radius 2 is 2.00 bits per heavy atom. The van der Waals surface area contributed by atoms with Crippen molar-refractivity contribution in [2.24, 2.45) is 0 Å². The number of ether oxygens (including phenoxy) is 1. The Balaban J connectivity index is 2.22. The Labute approximate surface area is 104 Å². The average molecular weight is 245 g/mol. The summed E-state index contributed by atoms with van der Waals surface area (Å²) in [6, 6.07) is 12.6. The van der Waals surface area contributed by atoms with Crippen molar-refractivity contribution in [3.63, 3.8) is 0 Å². The summed E-state index contributed by atoms with van der Waals surface area (Å²) in [5, 5.41) is 8.68. The largest absolute Gasteiger partial charge is 0.439 e. The van der Waals surface area contributed by atoms with Gasteiger partial charge >= 0.3 is 0 Å². The average Bonchev–Trinajstić information content (AvgIpc) is 2.40. The van der Waals surface area contributed by atoms with Gasteiger partial charge in [0.1, 0.15) is 5.75 Å². The number of aromatic nitrogens is 1. The summed E-state index contributed by atoms with van der Waals surface area (Å²) >= 11 is 5.78. The first kappa shape index (κ1) is 11.4. The first-order valence-electron chi connectivity index (χ1n) is 5.01. The summed E-state index contributed by atoms with van der Waals surface area (Å²) < 4.78 is 5.59. The molecule has 0 radical (unpaired) electrons. The molecule has 0 aliphatic heterocycles. The van der Waals surface area contributed by atoms with Crippen molar-refractivity contribution >= 4 is 11.6 Å². The zero-order valence-electron chi connectivity index (χ0n) is 8.93. The van der Waals surface area contributed by atoms with Gasteiger partial charge in [0.15, 0.2) is 0 Å². The van der Waals surface area contributed by atoms with E-state index >= 15 is 0 Å². The third-order valence-corrected chi connectivity index (χ3v) is 2.48. The van der Waals surface area contributed by atoms with Crippen molar-refractivity contribution in [1.82, 2.24) is 4.98 Å². The first-order chi connectivity index (χ1) is 8.33. The van der Waals surface area contributed by atoms with E-state index in [9.17, 15) is 0 Å². The Hall–Kier alpha value is -2.05. The minimum atomic E-state index is 0.347. The molecule has 0 fully saturated rings. The molecule has 0 saturated heterocycles. The third-order valence-electron chi connectivity index (χ3n) is 2.19. The summed E-state index contributed by atoms with van der Waals surface area (Å²) in [4.78, 5) is 4.12. The number of pyridine rings is 1. The number of nitrogens with zero attached hydrogens (tertiary/aromatic N) is 2. The van der Waals surface area contributed by atoms with Gasteiger partial charge in [-0.2, -0.15) is 5.26 Å². The van der Waals surface area contributed by atoms with Gasteiger partial charge in [0.2, 0.25) is 5.88 Å². The van der Waals surface area contributed by atoms with Crippen molar-refractivity contribution < 1.29 is 4.74 Å². The smallest absolute Gasteiger partial charge is 0.223 e. The lowest BCUT2D eigenvalue weighted by atomic mass is 10.2. The van der Waals surface area contributed by atoms with E-state index in [1.165, 1.54) is 0 Å². The van der Waals surface area contributed by atoms with Crippen LogP contribution >= 0.6 is 11.6 Å². The minimum absolute atomic E-state index is 0.347. The van der Waals surface area contributed by atoms with E-state index < -0.39 is 0 Å². The lowest BCUT2D eigenvalue weighted by molar-refractivity contribution is 0.458. The molecule has 2 aromatic rings. The summed E-state index contributed by atoms with van der Waals surface area (Å²) in [7, 11) is 0. The molecule has 0 aliphatic carbocycles. The number of hydrogen-bond acceptors (Lipinski definition) is 3. The van der Waals surface area contributed by atoms with Gasteiger partial charge in [0, 0.05) is 11.8 Å². The van der Waals surface area contributed by atoms with E-state index in [0.717, 1.165) is 5.56 Å². The van der Waals surface area contributed by atoms with Gasteiger partial charge in [-0.05, 0) is 30.3 Å². The molecule has 3 nitrogen and oxygen atoms in total. The number of halogens is 1. The van der Waals surface area contributed by atoms with Crippen molar-refractivity contribution in [1.29, 1.82) is 5.26 Å². The molecular weight excluding hydrogens is 236 g/mol. The molecular formula is C13H9ClN2O. The first-order valence-corrected chi connectivity index (χ1v) is 5.55. The molecule has 17 heavy (non-hydrogen) atoms. The third kappa shape index (κ3) is 2.74. The number of alkyl halides is 1.